The Labute approximate surface area is 247 Å². The maximum absolute atomic E-state index is 13.4. The number of benzene rings is 3. The number of hydrogen-bond acceptors (Lipinski definition) is 5. The molecule has 0 radical (unpaired) electrons. The number of aryl methyl sites for hydroxylation is 1. The Bertz CT molecular complexity index is 1360. The van der Waals surface area contributed by atoms with Crippen LogP contribution in [0.15, 0.2) is 70.6 Å². The van der Waals surface area contributed by atoms with Gasteiger partial charge in [0.05, 0.1) is 20.8 Å². The molecule has 3 aromatic rings. The van der Waals surface area contributed by atoms with Crippen LogP contribution in [0, 0.1) is 16.4 Å². The quantitative estimate of drug-likeness (QED) is 0.171. The predicted molar refractivity (Wildman–Crippen MR) is 167 cm³/mol. The van der Waals surface area contributed by atoms with E-state index in [1.54, 1.807) is 17.0 Å². The van der Waals surface area contributed by atoms with Crippen molar-refractivity contribution in [1.82, 2.24) is 4.90 Å². The molecule has 0 aromatic heterocycles. The Kier molecular flexibility index (Phi) is 9.79. The van der Waals surface area contributed by atoms with Gasteiger partial charge in [-0.3, -0.25) is 9.69 Å². The summed E-state index contributed by atoms with van der Waals surface area (Å²) in [6.07, 6.45) is 1.90. The van der Waals surface area contributed by atoms with Gasteiger partial charge in [0.15, 0.2) is 16.7 Å². The zero-order valence-corrected chi connectivity index (χ0v) is 25.6. The van der Waals surface area contributed by atoms with Crippen LogP contribution in [0.1, 0.15) is 37.5 Å². The van der Waals surface area contributed by atoms with Crippen molar-refractivity contribution in [1.29, 1.82) is 0 Å². The average Bonchev–Trinajstić information content (AvgIpc) is 3.14. The second-order valence-electron chi connectivity index (χ2n) is 9.33. The van der Waals surface area contributed by atoms with Crippen LogP contribution in [0.4, 0.5) is 5.69 Å². The molecule has 1 amide bonds. The molecule has 0 saturated carbocycles. The topological polar surface area (TPSA) is 51.1 Å². The fourth-order valence-corrected chi connectivity index (χ4v) is 5.72. The second-order valence-corrected chi connectivity index (χ2v) is 11.9. The number of hydrogen-bond donors (Lipinski definition) is 0. The number of amidine groups is 1. The zero-order valence-electron chi connectivity index (χ0n) is 21.8. The van der Waals surface area contributed by atoms with Gasteiger partial charge in [0, 0.05) is 11.6 Å². The summed E-state index contributed by atoms with van der Waals surface area (Å²) < 4.78 is 13.0. The van der Waals surface area contributed by atoms with Crippen LogP contribution in [-0.2, 0) is 11.4 Å². The highest BCUT2D eigenvalue weighted by atomic mass is 127. The van der Waals surface area contributed by atoms with Gasteiger partial charge >= 0.3 is 0 Å². The van der Waals surface area contributed by atoms with Crippen LogP contribution in [-0.4, -0.2) is 29.1 Å². The highest BCUT2D eigenvalue weighted by Crippen LogP contribution is 2.39. The number of nitrogens with zero attached hydrogens (tertiary/aromatic N) is 2. The standard InChI is InChI=1S/C30H30ClIN2O3S/c1-5-36-26-15-22(14-25(32)28(26)37-18-21-8-6-20(4)7-9-21)16-27-29(35)34(17-19(2)3)30(38-27)33-24-12-10-23(31)11-13-24/h6-16,19H,5,17-18H2,1-4H3/b27-16-,33-30?. The lowest BCUT2D eigenvalue weighted by Crippen LogP contribution is -2.32. The Morgan fingerprint density at radius 1 is 1.08 bits per heavy atom. The van der Waals surface area contributed by atoms with Crippen molar-refractivity contribution in [2.75, 3.05) is 13.2 Å². The molecule has 0 N–H and O–H groups in total. The predicted octanol–water partition coefficient (Wildman–Crippen LogP) is 8.49. The number of rotatable bonds is 9. The van der Waals surface area contributed by atoms with Crippen LogP contribution in [0.2, 0.25) is 5.02 Å². The highest BCUT2D eigenvalue weighted by molar-refractivity contribution is 14.1. The van der Waals surface area contributed by atoms with Crippen molar-refractivity contribution < 1.29 is 14.3 Å². The van der Waals surface area contributed by atoms with Gasteiger partial charge in [0.1, 0.15) is 6.61 Å². The third-order valence-corrected chi connectivity index (χ3v) is 7.68. The van der Waals surface area contributed by atoms with E-state index in [2.05, 4.69) is 67.6 Å². The van der Waals surface area contributed by atoms with Gasteiger partial charge in [-0.25, -0.2) is 4.99 Å². The molecular formula is C30H30ClIN2O3S. The van der Waals surface area contributed by atoms with E-state index < -0.39 is 0 Å². The molecule has 4 rings (SSSR count). The van der Waals surface area contributed by atoms with Crippen LogP contribution in [0.3, 0.4) is 0 Å². The summed E-state index contributed by atoms with van der Waals surface area (Å²) in [4.78, 5) is 20.5. The number of amides is 1. The van der Waals surface area contributed by atoms with Crippen molar-refractivity contribution in [2.24, 2.45) is 10.9 Å². The molecule has 5 nitrogen and oxygen atoms in total. The van der Waals surface area contributed by atoms with Crippen molar-refractivity contribution >= 4 is 68.8 Å². The van der Waals surface area contributed by atoms with Crippen molar-refractivity contribution in [3.05, 3.63) is 90.9 Å². The lowest BCUT2D eigenvalue weighted by atomic mass is 10.1. The number of ether oxygens (including phenoxy) is 2. The Balaban J connectivity index is 1.62. The summed E-state index contributed by atoms with van der Waals surface area (Å²) in [5.74, 6) is 1.60. The van der Waals surface area contributed by atoms with E-state index in [0.717, 1.165) is 20.4 Å². The van der Waals surface area contributed by atoms with Gasteiger partial charge in [-0.05, 0) is 108 Å². The number of halogens is 2. The van der Waals surface area contributed by atoms with Gasteiger partial charge in [0.25, 0.3) is 5.91 Å². The monoisotopic (exact) mass is 660 g/mol. The van der Waals surface area contributed by atoms with Crippen molar-refractivity contribution in [3.8, 4) is 11.5 Å². The first-order chi connectivity index (χ1) is 18.2. The molecule has 8 heteroatoms. The molecule has 0 spiro atoms. The maximum atomic E-state index is 13.4. The first-order valence-corrected chi connectivity index (χ1v) is 14.7. The number of thioether (sulfide) groups is 1. The largest absolute Gasteiger partial charge is 0.490 e. The minimum Gasteiger partial charge on any atom is -0.490 e. The van der Waals surface area contributed by atoms with Gasteiger partial charge in [-0.1, -0.05) is 55.3 Å². The van der Waals surface area contributed by atoms with E-state index in [1.165, 1.54) is 17.3 Å². The van der Waals surface area contributed by atoms with Crippen LogP contribution >= 0.6 is 46.0 Å². The number of aliphatic imine (C=N–C) groups is 1. The average molecular weight is 661 g/mol. The SMILES string of the molecule is CCOc1cc(/C=C2\SC(=Nc3ccc(Cl)cc3)N(CC(C)C)C2=O)cc(I)c1OCc1ccc(C)cc1. The molecule has 0 bridgehead atoms. The fourth-order valence-electron chi connectivity index (χ4n) is 3.81. The molecule has 38 heavy (non-hydrogen) atoms. The molecule has 3 aromatic carbocycles. The molecule has 0 aliphatic carbocycles. The van der Waals surface area contributed by atoms with Gasteiger partial charge < -0.3 is 9.47 Å². The first kappa shape index (κ1) is 28.5. The third-order valence-electron chi connectivity index (χ3n) is 5.62. The molecule has 1 aliphatic heterocycles. The molecule has 1 fully saturated rings. The van der Waals surface area contributed by atoms with Crippen LogP contribution in [0.25, 0.3) is 6.08 Å². The summed E-state index contributed by atoms with van der Waals surface area (Å²) in [6.45, 7) is 9.72. The normalized spacial score (nSPS) is 15.7. The molecule has 1 heterocycles. The second kappa shape index (κ2) is 13.0. The minimum atomic E-state index is -0.0518. The summed E-state index contributed by atoms with van der Waals surface area (Å²) in [6, 6.07) is 19.5. The zero-order chi connectivity index (χ0) is 27.2. The number of carbonyl (C=O) groups excluding carboxylic acids is 1. The number of carbonyl (C=O) groups is 1. The summed E-state index contributed by atoms with van der Waals surface area (Å²) in [7, 11) is 0. The summed E-state index contributed by atoms with van der Waals surface area (Å²) in [5, 5.41) is 1.31. The molecule has 0 atom stereocenters. The lowest BCUT2D eigenvalue weighted by Gasteiger charge is -2.17. The first-order valence-electron chi connectivity index (χ1n) is 12.4. The van der Waals surface area contributed by atoms with E-state index in [1.807, 2.05) is 37.3 Å². The van der Waals surface area contributed by atoms with Crippen LogP contribution < -0.4 is 9.47 Å². The highest BCUT2D eigenvalue weighted by Gasteiger charge is 2.34. The van der Waals surface area contributed by atoms with E-state index >= 15 is 0 Å². The lowest BCUT2D eigenvalue weighted by molar-refractivity contribution is -0.122. The van der Waals surface area contributed by atoms with E-state index in [-0.39, 0.29) is 5.91 Å². The van der Waals surface area contributed by atoms with Crippen molar-refractivity contribution in [3.63, 3.8) is 0 Å². The smallest absolute Gasteiger partial charge is 0.266 e. The summed E-state index contributed by atoms with van der Waals surface area (Å²) in [5.41, 5.74) is 3.92. The van der Waals surface area contributed by atoms with Gasteiger partial charge in [-0.15, -0.1) is 0 Å². The minimum absolute atomic E-state index is 0.0518. The Hall–Kier alpha value is -2.49. The molecular weight excluding hydrogens is 631 g/mol. The molecule has 1 saturated heterocycles. The van der Waals surface area contributed by atoms with Gasteiger partial charge in [-0.2, -0.15) is 0 Å². The molecule has 0 unspecified atom stereocenters. The Morgan fingerprint density at radius 3 is 2.45 bits per heavy atom. The molecule has 1 aliphatic rings. The fraction of sp³-hybridized carbons (Fsp3) is 0.267. The van der Waals surface area contributed by atoms with E-state index in [4.69, 9.17) is 26.1 Å². The summed E-state index contributed by atoms with van der Waals surface area (Å²) >= 11 is 9.67. The van der Waals surface area contributed by atoms with Crippen molar-refractivity contribution in [2.45, 2.75) is 34.3 Å². The van der Waals surface area contributed by atoms with Gasteiger partial charge in [0.2, 0.25) is 0 Å². The molecule has 198 valence electrons. The van der Waals surface area contributed by atoms with E-state index in [9.17, 15) is 4.79 Å². The third kappa shape index (κ3) is 7.33. The maximum Gasteiger partial charge on any atom is 0.266 e. The van der Waals surface area contributed by atoms with E-state index in [0.29, 0.717) is 52.3 Å². The van der Waals surface area contributed by atoms with Crippen LogP contribution in [0.5, 0.6) is 11.5 Å². The Morgan fingerprint density at radius 2 is 1.79 bits per heavy atom.